The topological polar surface area (TPSA) is 55.1 Å². The standard InChI is InChI=1S/C15H28N2OS/c1-4-12(13(16)19)14(18)17-10-15(9-11(2)3)7-5-6-8-15/h11-12H,4-10H2,1-3H3,(H2,16,19)(H,17,18). The Hall–Kier alpha value is -0.640. The van der Waals surface area contributed by atoms with Crippen LogP contribution in [0, 0.1) is 17.3 Å². The lowest BCUT2D eigenvalue weighted by Gasteiger charge is -2.31. The highest BCUT2D eigenvalue weighted by molar-refractivity contribution is 7.80. The summed E-state index contributed by atoms with van der Waals surface area (Å²) in [6.45, 7) is 7.24. The maximum Gasteiger partial charge on any atom is 0.229 e. The van der Waals surface area contributed by atoms with Gasteiger partial charge in [0, 0.05) is 6.54 Å². The molecule has 1 amide bonds. The molecule has 0 aliphatic heterocycles. The molecule has 0 spiro atoms. The van der Waals surface area contributed by atoms with Gasteiger partial charge < -0.3 is 11.1 Å². The van der Waals surface area contributed by atoms with Gasteiger partial charge in [0.2, 0.25) is 5.91 Å². The summed E-state index contributed by atoms with van der Waals surface area (Å²) >= 11 is 4.96. The molecule has 1 unspecified atom stereocenters. The van der Waals surface area contributed by atoms with Crippen LogP contribution in [0.2, 0.25) is 0 Å². The lowest BCUT2D eigenvalue weighted by atomic mass is 9.78. The molecule has 3 nitrogen and oxygen atoms in total. The Balaban J connectivity index is 2.57. The summed E-state index contributed by atoms with van der Waals surface area (Å²) in [7, 11) is 0. The maximum atomic E-state index is 12.1. The van der Waals surface area contributed by atoms with Gasteiger partial charge in [-0.05, 0) is 37.0 Å². The first kappa shape index (κ1) is 16.4. The van der Waals surface area contributed by atoms with Crippen LogP contribution in [0.15, 0.2) is 0 Å². The van der Waals surface area contributed by atoms with E-state index in [-0.39, 0.29) is 11.8 Å². The lowest BCUT2D eigenvalue weighted by Crippen LogP contribution is -2.42. The first-order chi connectivity index (χ1) is 8.90. The largest absolute Gasteiger partial charge is 0.393 e. The van der Waals surface area contributed by atoms with E-state index in [2.05, 4.69) is 19.2 Å². The number of hydrogen-bond acceptors (Lipinski definition) is 2. The quantitative estimate of drug-likeness (QED) is 0.707. The summed E-state index contributed by atoms with van der Waals surface area (Å²) in [6, 6.07) is 0. The Morgan fingerprint density at radius 2 is 1.95 bits per heavy atom. The summed E-state index contributed by atoms with van der Waals surface area (Å²) in [5.74, 6) is 0.366. The van der Waals surface area contributed by atoms with Gasteiger partial charge in [-0.2, -0.15) is 0 Å². The molecule has 0 saturated heterocycles. The number of thiocarbonyl (C=S) groups is 1. The van der Waals surface area contributed by atoms with Crippen molar-refractivity contribution in [2.45, 2.75) is 59.3 Å². The van der Waals surface area contributed by atoms with Crippen LogP contribution in [0.25, 0.3) is 0 Å². The number of nitrogens with two attached hydrogens (primary N) is 1. The fraction of sp³-hybridized carbons (Fsp3) is 0.867. The van der Waals surface area contributed by atoms with E-state index in [9.17, 15) is 4.79 Å². The van der Waals surface area contributed by atoms with Gasteiger partial charge in [0.1, 0.15) is 0 Å². The van der Waals surface area contributed by atoms with Gasteiger partial charge in [-0.3, -0.25) is 4.79 Å². The minimum atomic E-state index is -0.312. The summed E-state index contributed by atoms with van der Waals surface area (Å²) in [5, 5.41) is 3.10. The highest BCUT2D eigenvalue weighted by Gasteiger charge is 2.35. The normalized spacial score (nSPS) is 19.4. The predicted molar refractivity (Wildman–Crippen MR) is 83.9 cm³/mol. The van der Waals surface area contributed by atoms with E-state index in [0.29, 0.717) is 22.7 Å². The van der Waals surface area contributed by atoms with Crippen LogP contribution in [0.3, 0.4) is 0 Å². The second-order valence-corrected chi connectivity index (χ2v) is 6.86. The Morgan fingerprint density at radius 1 is 1.37 bits per heavy atom. The lowest BCUT2D eigenvalue weighted by molar-refractivity contribution is -0.123. The van der Waals surface area contributed by atoms with Crippen molar-refractivity contribution in [3.05, 3.63) is 0 Å². The molecule has 4 heteroatoms. The average Bonchev–Trinajstić information content (AvgIpc) is 2.75. The van der Waals surface area contributed by atoms with Crippen LogP contribution in [-0.2, 0) is 4.79 Å². The van der Waals surface area contributed by atoms with Gasteiger partial charge in [0.25, 0.3) is 0 Å². The Labute approximate surface area is 122 Å². The second kappa shape index (κ2) is 7.22. The highest BCUT2D eigenvalue weighted by Crippen LogP contribution is 2.42. The zero-order valence-electron chi connectivity index (χ0n) is 12.5. The van der Waals surface area contributed by atoms with Crippen LogP contribution in [0.1, 0.15) is 59.3 Å². The van der Waals surface area contributed by atoms with Gasteiger partial charge in [-0.25, -0.2) is 0 Å². The Kier molecular flexibility index (Phi) is 6.24. The van der Waals surface area contributed by atoms with Crippen molar-refractivity contribution in [3.63, 3.8) is 0 Å². The van der Waals surface area contributed by atoms with Crippen LogP contribution >= 0.6 is 12.2 Å². The SMILES string of the molecule is CCC(C(=O)NCC1(CC(C)C)CCCC1)C(N)=S. The third kappa shape index (κ3) is 4.75. The molecule has 0 radical (unpaired) electrons. The fourth-order valence-electron chi connectivity index (χ4n) is 3.36. The fourth-order valence-corrected chi connectivity index (χ4v) is 3.63. The van der Waals surface area contributed by atoms with Crippen molar-refractivity contribution in [1.82, 2.24) is 5.32 Å². The molecule has 1 aliphatic rings. The molecule has 0 aromatic carbocycles. The molecule has 1 atom stereocenters. The number of nitrogens with one attached hydrogen (secondary N) is 1. The van der Waals surface area contributed by atoms with Crippen molar-refractivity contribution < 1.29 is 4.79 Å². The second-order valence-electron chi connectivity index (χ2n) is 6.39. The van der Waals surface area contributed by atoms with Gasteiger partial charge in [-0.15, -0.1) is 0 Å². The van der Waals surface area contributed by atoms with Crippen molar-refractivity contribution in [1.29, 1.82) is 0 Å². The summed E-state index contributed by atoms with van der Waals surface area (Å²) in [4.78, 5) is 12.4. The molecular formula is C15H28N2OS. The van der Waals surface area contributed by atoms with Crippen LogP contribution < -0.4 is 11.1 Å². The maximum absolute atomic E-state index is 12.1. The van der Waals surface area contributed by atoms with E-state index in [4.69, 9.17) is 18.0 Å². The van der Waals surface area contributed by atoms with Gasteiger partial charge in [-0.1, -0.05) is 45.8 Å². The van der Waals surface area contributed by atoms with Crippen LogP contribution in [0.4, 0.5) is 0 Å². The molecule has 0 bridgehead atoms. The van der Waals surface area contributed by atoms with E-state index >= 15 is 0 Å². The molecule has 1 fully saturated rings. The van der Waals surface area contributed by atoms with Crippen LogP contribution in [0.5, 0.6) is 0 Å². The average molecular weight is 284 g/mol. The number of amides is 1. The Bertz CT molecular complexity index is 322. The van der Waals surface area contributed by atoms with E-state index < -0.39 is 0 Å². The number of rotatable bonds is 7. The van der Waals surface area contributed by atoms with E-state index in [0.717, 1.165) is 6.54 Å². The van der Waals surface area contributed by atoms with Gasteiger partial charge >= 0.3 is 0 Å². The number of carbonyl (C=O) groups is 1. The van der Waals surface area contributed by atoms with E-state index in [1.165, 1.54) is 32.1 Å². The van der Waals surface area contributed by atoms with Crippen LogP contribution in [-0.4, -0.2) is 17.4 Å². The van der Waals surface area contributed by atoms with E-state index in [1.807, 2.05) is 6.92 Å². The van der Waals surface area contributed by atoms with Gasteiger partial charge in [0.15, 0.2) is 0 Å². The molecular weight excluding hydrogens is 256 g/mol. The molecule has 1 saturated carbocycles. The monoisotopic (exact) mass is 284 g/mol. The molecule has 19 heavy (non-hydrogen) atoms. The van der Waals surface area contributed by atoms with Crippen molar-refractivity contribution in [2.75, 3.05) is 6.54 Å². The smallest absolute Gasteiger partial charge is 0.229 e. The molecule has 1 aliphatic carbocycles. The third-order valence-corrected chi connectivity index (χ3v) is 4.50. The molecule has 110 valence electrons. The van der Waals surface area contributed by atoms with Crippen molar-refractivity contribution >= 4 is 23.1 Å². The molecule has 0 aromatic rings. The predicted octanol–water partition coefficient (Wildman–Crippen LogP) is 3.02. The highest BCUT2D eigenvalue weighted by atomic mass is 32.1. The molecule has 1 rings (SSSR count). The number of carbonyl (C=O) groups excluding carboxylic acids is 1. The minimum absolute atomic E-state index is 0.00466. The van der Waals surface area contributed by atoms with Gasteiger partial charge in [0.05, 0.1) is 10.9 Å². The summed E-state index contributed by atoms with van der Waals surface area (Å²) in [5.41, 5.74) is 5.92. The number of hydrogen-bond donors (Lipinski definition) is 2. The van der Waals surface area contributed by atoms with Crippen molar-refractivity contribution in [3.8, 4) is 0 Å². The first-order valence-electron chi connectivity index (χ1n) is 7.47. The summed E-state index contributed by atoms with van der Waals surface area (Å²) in [6.07, 6.45) is 6.91. The molecule has 0 aromatic heterocycles. The molecule has 3 N–H and O–H groups in total. The van der Waals surface area contributed by atoms with E-state index in [1.54, 1.807) is 0 Å². The van der Waals surface area contributed by atoms with Crippen molar-refractivity contribution in [2.24, 2.45) is 23.0 Å². The Morgan fingerprint density at radius 3 is 2.37 bits per heavy atom. The third-order valence-electron chi connectivity index (χ3n) is 4.21. The first-order valence-corrected chi connectivity index (χ1v) is 7.88. The zero-order chi connectivity index (χ0) is 14.5. The summed E-state index contributed by atoms with van der Waals surface area (Å²) < 4.78 is 0. The zero-order valence-corrected chi connectivity index (χ0v) is 13.3. The molecule has 0 heterocycles. The minimum Gasteiger partial charge on any atom is -0.393 e.